The number of hydrogen-bond donors (Lipinski definition) is 7. The number of nitrogens with one attached hydrogen (secondary N) is 3. The maximum Gasteiger partial charge on any atom is 0.325 e. The monoisotopic (exact) mass is 572 g/mol. The third-order valence-corrected chi connectivity index (χ3v) is 6.26. The van der Waals surface area contributed by atoms with Gasteiger partial charge in [-0.05, 0) is 49.6 Å². The van der Waals surface area contributed by atoms with Gasteiger partial charge in [0.2, 0.25) is 17.7 Å². The van der Waals surface area contributed by atoms with Gasteiger partial charge in [-0.2, -0.15) is 0 Å². The minimum atomic E-state index is -1.28. The van der Waals surface area contributed by atoms with E-state index in [1.165, 1.54) is 43.3 Å². The molecule has 222 valence electrons. The lowest BCUT2D eigenvalue weighted by molar-refractivity contribution is -0.384. The fourth-order valence-electron chi connectivity index (χ4n) is 3.84. The largest absolute Gasteiger partial charge is 0.508 e. The second kappa shape index (κ2) is 15.9. The summed E-state index contributed by atoms with van der Waals surface area (Å²) in [6.45, 7) is 1.70. The zero-order chi connectivity index (χ0) is 30.5. The van der Waals surface area contributed by atoms with Crippen LogP contribution in [0.4, 0.5) is 5.69 Å². The molecule has 0 aliphatic heterocycles. The highest BCUT2D eigenvalue weighted by molar-refractivity contribution is 5.94. The van der Waals surface area contributed by atoms with Crippen LogP contribution < -0.4 is 27.4 Å². The summed E-state index contributed by atoms with van der Waals surface area (Å²) >= 11 is 0. The van der Waals surface area contributed by atoms with E-state index in [1.807, 2.05) is 0 Å². The summed E-state index contributed by atoms with van der Waals surface area (Å²) < 4.78 is 0. The number of carboxylic acids is 1. The maximum absolute atomic E-state index is 13.5. The number of aliphatic carboxylic acids is 1. The van der Waals surface area contributed by atoms with Gasteiger partial charge in [0.25, 0.3) is 5.69 Å². The van der Waals surface area contributed by atoms with Crippen LogP contribution in [0.1, 0.15) is 37.3 Å². The molecule has 0 fully saturated rings. The van der Waals surface area contributed by atoms with Crippen LogP contribution >= 0.6 is 0 Å². The minimum Gasteiger partial charge on any atom is -0.508 e. The minimum absolute atomic E-state index is 0.00744. The number of aromatic hydroxyl groups is 1. The molecule has 0 aliphatic rings. The van der Waals surface area contributed by atoms with Crippen molar-refractivity contribution in [2.45, 2.75) is 63.2 Å². The van der Waals surface area contributed by atoms with E-state index in [0.717, 1.165) is 0 Å². The van der Waals surface area contributed by atoms with Crippen molar-refractivity contribution < 1.29 is 34.3 Å². The third kappa shape index (κ3) is 10.8. The lowest BCUT2D eigenvalue weighted by Crippen LogP contribution is -2.57. The van der Waals surface area contributed by atoms with E-state index in [2.05, 4.69) is 16.0 Å². The number of carbonyl (C=O) groups is 4. The Balaban J connectivity index is 2.31. The van der Waals surface area contributed by atoms with Crippen molar-refractivity contribution in [3.05, 3.63) is 69.8 Å². The number of carboxylic acid groups (broad SMARTS) is 1. The van der Waals surface area contributed by atoms with Gasteiger partial charge in [0, 0.05) is 25.0 Å². The van der Waals surface area contributed by atoms with Gasteiger partial charge in [-0.1, -0.05) is 30.7 Å². The molecule has 4 atom stereocenters. The number of nitrogens with zero attached hydrogens (tertiary/aromatic N) is 1. The van der Waals surface area contributed by atoms with Gasteiger partial charge in [0.15, 0.2) is 0 Å². The van der Waals surface area contributed by atoms with Gasteiger partial charge in [-0.25, -0.2) is 0 Å². The summed E-state index contributed by atoms with van der Waals surface area (Å²) in [7, 11) is 0. The molecule has 0 bridgehead atoms. The van der Waals surface area contributed by atoms with Crippen LogP contribution in [-0.4, -0.2) is 69.5 Å². The molecule has 9 N–H and O–H groups in total. The Hall–Kier alpha value is -4.56. The first-order valence-electron chi connectivity index (χ1n) is 13.0. The van der Waals surface area contributed by atoms with E-state index in [1.54, 1.807) is 12.1 Å². The lowest BCUT2D eigenvalue weighted by atomic mass is 10.0. The zero-order valence-electron chi connectivity index (χ0n) is 22.6. The Morgan fingerprint density at radius 2 is 1.34 bits per heavy atom. The Bertz CT molecular complexity index is 1210. The molecule has 0 unspecified atom stereocenters. The van der Waals surface area contributed by atoms with Gasteiger partial charge < -0.3 is 37.6 Å². The highest BCUT2D eigenvalue weighted by Crippen LogP contribution is 2.15. The van der Waals surface area contributed by atoms with Crippen LogP contribution in [0.2, 0.25) is 0 Å². The molecule has 2 aromatic carbocycles. The van der Waals surface area contributed by atoms with Crippen LogP contribution in [0.15, 0.2) is 48.5 Å². The van der Waals surface area contributed by atoms with Crippen molar-refractivity contribution in [2.75, 3.05) is 6.54 Å². The fraction of sp³-hybridized carbons (Fsp3) is 0.407. The highest BCUT2D eigenvalue weighted by Gasteiger charge is 2.30. The molecule has 2 rings (SSSR count). The van der Waals surface area contributed by atoms with Crippen LogP contribution in [0.3, 0.4) is 0 Å². The number of phenols is 1. The molecule has 14 nitrogen and oxygen atoms in total. The molecule has 2 aromatic rings. The Labute approximate surface area is 236 Å². The van der Waals surface area contributed by atoms with Crippen LogP contribution in [-0.2, 0) is 32.0 Å². The van der Waals surface area contributed by atoms with Gasteiger partial charge in [0.05, 0.1) is 11.0 Å². The van der Waals surface area contributed by atoms with E-state index >= 15 is 0 Å². The van der Waals surface area contributed by atoms with E-state index in [-0.39, 0.29) is 24.3 Å². The number of non-ortho nitro benzene ring substituents is 1. The first kappa shape index (κ1) is 32.7. The number of rotatable bonds is 16. The SMILES string of the molecule is C[C@H](NC(=O)[C@H](Cc1ccc(O)cc1)NC(=O)[C@H](Cc1ccc([N+](=O)[O-])cc1)NC(=O)[C@@H](N)CCCCN)C(=O)O. The first-order valence-corrected chi connectivity index (χ1v) is 13.0. The van der Waals surface area contributed by atoms with E-state index < -0.39 is 52.8 Å². The Morgan fingerprint density at radius 1 is 0.854 bits per heavy atom. The summed E-state index contributed by atoms with van der Waals surface area (Å²) in [5.74, 6) is -3.43. The summed E-state index contributed by atoms with van der Waals surface area (Å²) in [4.78, 5) is 61.1. The molecule has 0 saturated heterocycles. The topological polar surface area (TPSA) is 240 Å². The smallest absolute Gasteiger partial charge is 0.325 e. The summed E-state index contributed by atoms with van der Waals surface area (Å²) in [5.41, 5.74) is 12.4. The first-order chi connectivity index (χ1) is 19.4. The van der Waals surface area contributed by atoms with Crippen molar-refractivity contribution in [1.82, 2.24) is 16.0 Å². The van der Waals surface area contributed by atoms with Crippen molar-refractivity contribution in [2.24, 2.45) is 11.5 Å². The molecule has 0 aliphatic carbocycles. The fourth-order valence-corrected chi connectivity index (χ4v) is 3.84. The second-order valence-electron chi connectivity index (χ2n) is 9.58. The molecular weight excluding hydrogens is 536 g/mol. The summed E-state index contributed by atoms with van der Waals surface area (Å²) in [6, 6.07) is 6.65. The molecular formula is C27H36N6O8. The van der Waals surface area contributed by atoms with Gasteiger partial charge in [-0.15, -0.1) is 0 Å². The molecule has 14 heteroatoms. The van der Waals surface area contributed by atoms with Crippen LogP contribution in [0, 0.1) is 10.1 Å². The molecule has 0 aromatic heterocycles. The van der Waals surface area contributed by atoms with Crippen LogP contribution in [0.25, 0.3) is 0 Å². The van der Waals surface area contributed by atoms with Gasteiger partial charge in [0.1, 0.15) is 23.9 Å². The lowest BCUT2D eigenvalue weighted by Gasteiger charge is -2.25. The molecule has 3 amide bonds. The number of hydrogen-bond acceptors (Lipinski definition) is 9. The van der Waals surface area contributed by atoms with E-state index in [0.29, 0.717) is 36.9 Å². The average Bonchev–Trinajstić information content (AvgIpc) is 2.93. The number of nitro groups is 1. The van der Waals surface area contributed by atoms with Crippen molar-refractivity contribution in [3.63, 3.8) is 0 Å². The number of phenolic OH excluding ortho intramolecular Hbond substituents is 1. The number of nitro benzene ring substituents is 1. The predicted octanol–water partition coefficient (Wildman–Crippen LogP) is 0.101. The number of amides is 3. The molecule has 0 saturated carbocycles. The molecule has 0 heterocycles. The van der Waals surface area contributed by atoms with Crippen molar-refractivity contribution in [3.8, 4) is 5.75 Å². The van der Waals surface area contributed by atoms with E-state index in [9.17, 15) is 39.5 Å². The molecule has 41 heavy (non-hydrogen) atoms. The Kier molecular flexibility index (Phi) is 12.7. The number of benzene rings is 2. The average molecular weight is 573 g/mol. The zero-order valence-corrected chi connectivity index (χ0v) is 22.6. The van der Waals surface area contributed by atoms with Crippen molar-refractivity contribution >= 4 is 29.4 Å². The number of nitrogens with two attached hydrogens (primary N) is 2. The second-order valence-corrected chi connectivity index (χ2v) is 9.58. The summed E-state index contributed by atoms with van der Waals surface area (Å²) in [6.07, 6.45) is 1.45. The predicted molar refractivity (Wildman–Crippen MR) is 149 cm³/mol. The third-order valence-electron chi connectivity index (χ3n) is 6.26. The molecule has 0 radical (unpaired) electrons. The number of carbonyl (C=O) groups excluding carboxylic acids is 3. The molecule has 0 spiro atoms. The van der Waals surface area contributed by atoms with E-state index in [4.69, 9.17) is 11.5 Å². The van der Waals surface area contributed by atoms with Gasteiger partial charge in [-0.3, -0.25) is 29.3 Å². The maximum atomic E-state index is 13.5. The normalized spacial score (nSPS) is 13.7. The summed E-state index contributed by atoms with van der Waals surface area (Å²) in [5, 5.41) is 37.3. The quantitative estimate of drug-likeness (QED) is 0.0813. The van der Waals surface area contributed by atoms with Crippen molar-refractivity contribution in [1.29, 1.82) is 0 Å². The van der Waals surface area contributed by atoms with Crippen LogP contribution in [0.5, 0.6) is 5.75 Å². The standard InChI is InChI=1S/C27H36N6O8/c1-16(27(38)39)30-25(36)22(15-18-7-11-20(34)12-8-18)32-26(37)23(31-24(35)21(29)4-2-3-13-28)14-17-5-9-19(10-6-17)33(40)41/h5-12,16,21-23,34H,2-4,13-15,28-29H2,1H3,(H,30,36)(H,31,35)(H,32,37)(H,38,39)/t16-,21-,22-,23-/m0/s1. The van der Waals surface area contributed by atoms with Gasteiger partial charge >= 0.3 is 5.97 Å². The Morgan fingerprint density at radius 3 is 1.83 bits per heavy atom. The number of unbranched alkanes of at least 4 members (excludes halogenated alkanes) is 1. The highest BCUT2D eigenvalue weighted by atomic mass is 16.6.